The summed E-state index contributed by atoms with van der Waals surface area (Å²) in [5, 5.41) is 2.89. The van der Waals surface area contributed by atoms with Crippen LogP contribution in [0.4, 0.5) is 5.69 Å². The molecule has 0 saturated heterocycles. The van der Waals surface area contributed by atoms with Gasteiger partial charge in [0.15, 0.2) is 0 Å². The highest BCUT2D eigenvalue weighted by atomic mass is 35.5. The minimum absolute atomic E-state index is 0.141. The lowest BCUT2D eigenvalue weighted by molar-refractivity contribution is 0.0947. The van der Waals surface area contributed by atoms with E-state index in [9.17, 15) is 13.2 Å². The molecule has 6 nitrogen and oxygen atoms in total. The van der Waals surface area contributed by atoms with Gasteiger partial charge in [0, 0.05) is 0 Å². The molecule has 0 aliphatic rings. The minimum atomic E-state index is -3.76. The van der Waals surface area contributed by atoms with Crippen molar-refractivity contribution in [2.24, 2.45) is 0 Å². The summed E-state index contributed by atoms with van der Waals surface area (Å²) in [5.41, 5.74) is 3.66. The molecule has 0 aliphatic heterocycles. The van der Waals surface area contributed by atoms with Gasteiger partial charge in [-0.1, -0.05) is 47.0 Å². The maximum atomic E-state index is 12.5. The van der Waals surface area contributed by atoms with Gasteiger partial charge in [-0.3, -0.25) is 9.52 Å². The van der Waals surface area contributed by atoms with Crippen LogP contribution in [0.25, 0.3) is 0 Å². The lowest BCUT2D eigenvalue weighted by atomic mass is 10.1. The fourth-order valence-electron chi connectivity index (χ4n) is 3.08. The number of hydrogen-bond donors (Lipinski definition) is 2. The van der Waals surface area contributed by atoms with Crippen molar-refractivity contribution in [1.82, 2.24) is 5.32 Å². The van der Waals surface area contributed by atoms with Gasteiger partial charge in [-0.05, 0) is 62.7 Å². The number of carbonyl (C=O) groups is 1. The molecule has 0 atom stereocenters. The Labute approximate surface area is 193 Å². The van der Waals surface area contributed by atoms with Crippen molar-refractivity contribution >= 4 is 33.2 Å². The molecule has 0 saturated carbocycles. The number of nitrogens with one attached hydrogen (secondary N) is 2. The van der Waals surface area contributed by atoms with E-state index in [1.165, 1.54) is 30.3 Å². The minimum Gasteiger partial charge on any atom is -0.491 e. The first-order chi connectivity index (χ1) is 15.2. The molecule has 32 heavy (non-hydrogen) atoms. The average Bonchev–Trinajstić information content (AvgIpc) is 2.72. The monoisotopic (exact) mass is 472 g/mol. The van der Waals surface area contributed by atoms with E-state index in [0.717, 1.165) is 22.4 Å². The third kappa shape index (κ3) is 6.02. The number of rotatable bonds is 8. The van der Waals surface area contributed by atoms with Gasteiger partial charge >= 0.3 is 0 Å². The highest BCUT2D eigenvalue weighted by Gasteiger charge is 2.16. The first kappa shape index (κ1) is 23.6. The molecule has 0 radical (unpaired) electrons. The lowest BCUT2D eigenvalue weighted by Crippen LogP contribution is -2.28. The maximum Gasteiger partial charge on any atom is 0.261 e. The number of aryl methyl sites for hydroxylation is 3. The lowest BCUT2D eigenvalue weighted by Gasteiger charge is -2.12. The average molecular weight is 473 g/mol. The maximum absolute atomic E-state index is 12.5. The van der Waals surface area contributed by atoms with Crippen molar-refractivity contribution in [2.45, 2.75) is 25.7 Å². The van der Waals surface area contributed by atoms with Crippen LogP contribution in [-0.2, 0) is 10.0 Å². The van der Waals surface area contributed by atoms with E-state index in [2.05, 4.69) is 10.0 Å². The molecule has 3 rings (SSSR count). The largest absolute Gasteiger partial charge is 0.491 e. The molecule has 1 amide bonds. The number of sulfonamides is 1. The molecule has 0 unspecified atom stereocenters. The molecule has 2 N–H and O–H groups in total. The Morgan fingerprint density at radius 1 is 0.938 bits per heavy atom. The Bertz CT molecular complexity index is 1230. The summed E-state index contributed by atoms with van der Waals surface area (Å²) in [6, 6.07) is 16.8. The van der Waals surface area contributed by atoms with Crippen LogP contribution in [0, 0.1) is 20.8 Å². The van der Waals surface area contributed by atoms with E-state index in [0.29, 0.717) is 13.2 Å². The van der Waals surface area contributed by atoms with Crippen LogP contribution in [0.3, 0.4) is 0 Å². The molecule has 0 fully saturated rings. The standard InChI is InChI=1S/C24H25ClN2O4S/c1-16-4-8-20(9-5-16)32(29,30)27-19-7-10-21(22(25)15-19)24(28)26-12-13-31-23-11-6-17(2)14-18(23)3/h4-11,14-15,27H,12-13H2,1-3H3,(H,26,28). The zero-order valence-electron chi connectivity index (χ0n) is 18.1. The predicted octanol–water partition coefficient (Wildman–Crippen LogP) is 4.87. The van der Waals surface area contributed by atoms with Gasteiger partial charge in [-0.25, -0.2) is 8.42 Å². The zero-order valence-corrected chi connectivity index (χ0v) is 19.7. The number of ether oxygens (including phenoxy) is 1. The molecule has 0 spiro atoms. The molecular weight excluding hydrogens is 448 g/mol. The second kappa shape index (κ2) is 10.1. The molecule has 0 bridgehead atoms. The molecule has 0 aliphatic carbocycles. The van der Waals surface area contributed by atoms with Crippen LogP contribution >= 0.6 is 11.6 Å². The molecular formula is C24H25ClN2O4S. The quantitative estimate of drug-likeness (QED) is 0.458. The third-order valence-electron chi connectivity index (χ3n) is 4.77. The number of carbonyl (C=O) groups excluding carboxylic acids is 1. The number of hydrogen-bond acceptors (Lipinski definition) is 4. The molecule has 168 valence electrons. The second-order valence-corrected chi connectivity index (χ2v) is 9.58. The summed E-state index contributed by atoms with van der Waals surface area (Å²) in [4.78, 5) is 12.6. The third-order valence-corrected chi connectivity index (χ3v) is 6.48. The zero-order chi connectivity index (χ0) is 23.3. The van der Waals surface area contributed by atoms with Crippen molar-refractivity contribution in [1.29, 1.82) is 0 Å². The fourth-order valence-corrected chi connectivity index (χ4v) is 4.39. The van der Waals surface area contributed by atoms with Crippen LogP contribution in [0.1, 0.15) is 27.0 Å². The van der Waals surface area contributed by atoms with Crippen molar-refractivity contribution in [3.05, 3.63) is 87.9 Å². The van der Waals surface area contributed by atoms with Crippen LogP contribution in [0.15, 0.2) is 65.6 Å². The summed E-state index contributed by atoms with van der Waals surface area (Å²) in [7, 11) is -3.76. The van der Waals surface area contributed by atoms with Gasteiger partial charge in [-0.2, -0.15) is 0 Å². The topological polar surface area (TPSA) is 84.5 Å². The molecule has 0 heterocycles. The van der Waals surface area contributed by atoms with Gasteiger partial charge in [0.1, 0.15) is 12.4 Å². The van der Waals surface area contributed by atoms with Crippen LogP contribution in [-0.4, -0.2) is 27.5 Å². The highest BCUT2D eigenvalue weighted by Crippen LogP contribution is 2.24. The van der Waals surface area contributed by atoms with E-state index in [1.54, 1.807) is 12.1 Å². The van der Waals surface area contributed by atoms with E-state index >= 15 is 0 Å². The number of amides is 1. The van der Waals surface area contributed by atoms with Crippen LogP contribution in [0.5, 0.6) is 5.75 Å². The Morgan fingerprint density at radius 3 is 2.28 bits per heavy atom. The Hall–Kier alpha value is -3.03. The van der Waals surface area contributed by atoms with Gasteiger partial charge in [0.25, 0.3) is 15.9 Å². The van der Waals surface area contributed by atoms with Crippen molar-refractivity contribution in [3.8, 4) is 5.75 Å². The van der Waals surface area contributed by atoms with Crippen LogP contribution in [0.2, 0.25) is 5.02 Å². The van der Waals surface area contributed by atoms with E-state index < -0.39 is 10.0 Å². The summed E-state index contributed by atoms with van der Waals surface area (Å²) in [6.07, 6.45) is 0. The van der Waals surface area contributed by atoms with Gasteiger partial charge in [-0.15, -0.1) is 0 Å². The van der Waals surface area contributed by atoms with Crippen LogP contribution < -0.4 is 14.8 Å². The fraction of sp³-hybridized carbons (Fsp3) is 0.208. The summed E-state index contributed by atoms with van der Waals surface area (Å²) in [5.74, 6) is 0.403. The first-order valence-corrected chi connectivity index (χ1v) is 11.9. The normalized spacial score (nSPS) is 11.1. The van der Waals surface area contributed by atoms with Gasteiger partial charge < -0.3 is 10.1 Å². The van der Waals surface area contributed by atoms with E-state index in [-0.39, 0.29) is 27.1 Å². The van der Waals surface area contributed by atoms with Crippen molar-refractivity contribution < 1.29 is 17.9 Å². The van der Waals surface area contributed by atoms with Gasteiger partial charge in [0.05, 0.1) is 27.7 Å². The van der Waals surface area contributed by atoms with E-state index in [1.807, 2.05) is 39.0 Å². The second-order valence-electron chi connectivity index (χ2n) is 7.49. The Kier molecular flexibility index (Phi) is 7.43. The number of halogens is 1. The summed E-state index contributed by atoms with van der Waals surface area (Å²) < 4.78 is 33.2. The first-order valence-electron chi connectivity index (χ1n) is 10.0. The smallest absolute Gasteiger partial charge is 0.261 e. The predicted molar refractivity (Wildman–Crippen MR) is 127 cm³/mol. The Balaban J connectivity index is 1.58. The van der Waals surface area contributed by atoms with E-state index in [4.69, 9.17) is 16.3 Å². The molecule has 3 aromatic rings. The molecule has 8 heteroatoms. The SMILES string of the molecule is Cc1ccc(S(=O)(=O)Nc2ccc(C(=O)NCCOc3ccc(C)cc3C)c(Cl)c2)cc1. The van der Waals surface area contributed by atoms with Crippen molar-refractivity contribution in [2.75, 3.05) is 17.9 Å². The summed E-state index contributed by atoms with van der Waals surface area (Å²) >= 11 is 6.24. The Morgan fingerprint density at radius 2 is 1.62 bits per heavy atom. The molecule has 3 aromatic carbocycles. The number of benzene rings is 3. The summed E-state index contributed by atoms with van der Waals surface area (Å²) in [6.45, 7) is 6.46. The van der Waals surface area contributed by atoms with Crippen molar-refractivity contribution in [3.63, 3.8) is 0 Å². The highest BCUT2D eigenvalue weighted by molar-refractivity contribution is 7.92. The molecule has 0 aromatic heterocycles. The number of anilines is 1. The van der Waals surface area contributed by atoms with Gasteiger partial charge in [0.2, 0.25) is 0 Å².